The number of likely N-dealkylation sites (N-methyl/N-ethyl adjacent to an activating group) is 1. The zero-order valence-electron chi connectivity index (χ0n) is 20.4. The van der Waals surface area contributed by atoms with Gasteiger partial charge in [-0.25, -0.2) is 4.98 Å². The minimum Gasteiger partial charge on any atom is -0.383 e. The van der Waals surface area contributed by atoms with Gasteiger partial charge < -0.3 is 15.4 Å². The van der Waals surface area contributed by atoms with E-state index in [0.29, 0.717) is 33.4 Å². The molecule has 38 heavy (non-hydrogen) atoms. The second-order valence-corrected chi connectivity index (χ2v) is 9.28. The van der Waals surface area contributed by atoms with Gasteiger partial charge in [-0.2, -0.15) is 23.4 Å². The Morgan fingerprint density at radius 3 is 2.79 bits per heavy atom. The third-order valence-corrected chi connectivity index (χ3v) is 7.01. The lowest BCUT2D eigenvalue weighted by molar-refractivity contribution is -0.140. The molecule has 9 nitrogen and oxygen atoms in total. The summed E-state index contributed by atoms with van der Waals surface area (Å²) in [5.74, 6) is 0.128. The Hall–Kier alpha value is -4.45. The molecule has 5 aromatic rings. The van der Waals surface area contributed by atoms with Crippen LogP contribution in [-0.2, 0) is 24.6 Å². The Morgan fingerprint density at radius 2 is 2.00 bits per heavy atom. The topological polar surface area (TPSA) is 115 Å². The van der Waals surface area contributed by atoms with Crippen LogP contribution in [0.25, 0.3) is 32.9 Å². The summed E-state index contributed by atoms with van der Waals surface area (Å²) in [6.45, 7) is 0.480. The molecule has 0 radical (unpaired) electrons. The molecule has 3 aromatic heterocycles. The van der Waals surface area contributed by atoms with Crippen LogP contribution in [0.5, 0.6) is 0 Å². The van der Waals surface area contributed by atoms with Gasteiger partial charge in [0.25, 0.3) is 5.91 Å². The number of hydrogen-bond acceptors (Lipinski definition) is 6. The number of nitrogens with one attached hydrogen (secondary N) is 1. The van der Waals surface area contributed by atoms with Crippen LogP contribution in [0.4, 0.5) is 19.0 Å². The molecule has 1 unspecified atom stereocenters. The maximum Gasteiger partial charge on any atom is 0.433 e. The average molecular weight is 522 g/mol. The third-order valence-electron chi connectivity index (χ3n) is 7.01. The van der Waals surface area contributed by atoms with Crippen molar-refractivity contribution in [2.24, 2.45) is 7.05 Å². The number of alkyl halides is 3. The second-order valence-electron chi connectivity index (χ2n) is 9.28. The first kappa shape index (κ1) is 23.9. The summed E-state index contributed by atoms with van der Waals surface area (Å²) in [6, 6.07) is 9.81. The lowest BCUT2D eigenvalue weighted by Gasteiger charge is -2.33. The number of hydrogen-bond donors (Lipinski definition) is 2. The van der Waals surface area contributed by atoms with Crippen molar-refractivity contribution in [3.8, 4) is 11.1 Å². The number of aromatic nitrogens is 5. The number of aromatic amines is 1. The summed E-state index contributed by atoms with van der Waals surface area (Å²) in [6.07, 6.45) is -1.76. The van der Waals surface area contributed by atoms with Crippen molar-refractivity contribution in [1.29, 1.82) is 0 Å². The molecule has 0 aliphatic carbocycles. The molecular weight excluding hydrogens is 499 g/mol. The number of nitrogen functional groups attached to an aromatic ring is 1. The zero-order valence-corrected chi connectivity index (χ0v) is 20.4. The number of halogens is 3. The van der Waals surface area contributed by atoms with E-state index < -0.39 is 17.9 Å². The molecular formula is C26H22F3N7O2. The van der Waals surface area contributed by atoms with Crippen molar-refractivity contribution in [2.75, 3.05) is 19.4 Å². The van der Waals surface area contributed by atoms with E-state index in [1.807, 2.05) is 5.10 Å². The number of nitrogens with zero attached hydrogens (tertiary/aromatic N) is 5. The van der Waals surface area contributed by atoms with Crippen molar-refractivity contribution < 1.29 is 22.7 Å². The number of carbonyl (C=O) groups excluding carboxylic acids is 1. The van der Waals surface area contributed by atoms with E-state index in [1.165, 1.54) is 0 Å². The van der Waals surface area contributed by atoms with E-state index in [0.717, 1.165) is 22.7 Å². The van der Waals surface area contributed by atoms with Crippen LogP contribution in [0.3, 0.4) is 0 Å². The van der Waals surface area contributed by atoms with Gasteiger partial charge in [0.1, 0.15) is 11.5 Å². The van der Waals surface area contributed by atoms with E-state index in [9.17, 15) is 18.0 Å². The van der Waals surface area contributed by atoms with Crippen LogP contribution in [0, 0.1) is 0 Å². The molecule has 1 amide bonds. The number of fused-ring (bicyclic) bond motifs is 4. The lowest BCUT2D eigenvalue weighted by atomic mass is 9.93. The number of anilines is 1. The number of amides is 1. The summed E-state index contributed by atoms with van der Waals surface area (Å²) in [4.78, 5) is 19.6. The standard InChI is InChI=1S/C26H22F3N7O2/c1-35(25(37)14-4-6-20-17(8-14)22-19(24(30)33-20)10-32-36(22)2)21-12-38-11-15-7-13(3-5-16(15)21)18-9-31-34-23(18)26(27,28)29/h3-10,21H,11-12H2,1-2H3,(H2,30,33)(H,31,34). The Balaban J connectivity index is 1.34. The number of ether oxygens (including phenoxy) is 1. The van der Waals surface area contributed by atoms with Crippen molar-refractivity contribution in [2.45, 2.75) is 18.8 Å². The highest BCUT2D eigenvalue weighted by Crippen LogP contribution is 2.38. The number of pyridine rings is 1. The average Bonchev–Trinajstić information content (AvgIpc) is 3.55. The summed E-state index contributed by atoms with van der Waals surface area (Å²) < 4.78 is 47.6. The summed E-state index contributed by atoms with van der Waals surface area (Å²) in [7, 11) is 3.48. The molecule has 0 saturated heterocycles. The molecule has 1 aliphatic rings. The lowest BCUT2D eigenvalue weighted by Crippen LogP contribution is -2.36. The SMILES string of the molecule is CN(C(=O)c1ccc2nc(N)c3cnn(C)c3c2c1)C1COCc2cc(-c3cn[nH]c3C(F)(F)F)ccc21. The van der Waals surface area contributed by atoms with Crippen molar-refractivity contribution >= 4 is 33.5 Å². The van der Waals surface area contributed by atoms with Crippen molar-refractivity contribution in [1.82, 2.24) is 29.9 Å². The molecule has 1 aliphatic heterocycles. The minimum absolute atomic E-state index is 0.0428. The smallest absolute Gasteiger partial charge is 0.383 e. The van der Waals surface area contributed by atoms with Crippen LogP contribution in [0.2, 0.25) is 0 Å². The highest BCUT2D eigenvalue weighted by atomic mass is 19.4. The fourth-order valence-electron chi connectivity index (χ4n) is 5.07. The predicted octanol–water partition coefficient (Wildman–Crippen LogP) is 4.46. The van der Waals surface area contributed by atoms with Crippen molar-refractivity contribution in [3.63, 3.8) is 0 Å². The van der Waals surface area contributed by atoms with E-state index in [2.05, 4.69) is 15.2 Å². The van der Waals surface area contributed by atoms with Crippen LogP contribution in [0.1, 0.15) is 33.2 Å². The van der Waals surface area contributed by atoms with Crippen LogP contribution in [0.15, 0.2) is 48.8 Å². The van der Waals surface area contributed by atoms with Gasteiger partial charge in [-0.05, 0) is 41.0 Å². The van der Waals surface area contributed by atoms with E-state index in [-0.39, 0.29) is 24.7 Å². The quantitative estimate of drug-likeness (QED) is 0.362. The van der Waals surface area contributed by atoms with Crippen molar-refractivity contribution in [3.05, 3.63) is 71.2 Å². The molecule has 0 bridgehead atoms. The number of carbonyl (C=O) groups is 1. The Kier molecular flexibility index (Phi) is 5.38. The fourth-order valence-corrected chi connectivity index (χ4v) is 5.07. The molecule has 3 N–H and O–H groups in total. The Labute approximate surface area is 214 Å². The maximum atomic E-state index is 13.6. The number of H-pyrrole nitrogens is 1. The Morgan fingerprint density at radius 1 is 1.18 bits per heavy atom. The van der Waals surface area contributed by atoms with Crippen LogP contribution < -0.4 is 5.73 Å². The second kappa shape index (κ2) is 8.55. The molecule has 0 fully saturated rings. The van der Waals surface area contributed by atoms with E-state index in [4.69, 9.17) is 10.5 Å². The Bertz CT molecular complexity index is 1720. The molecule has 1 atom stereocenters. The van der Waals surface area contributed by atoms with Gasteiger partial charge in [-0.3, -0.25) is 14.6 Å². The first-order valence-corrected chi connectivity index (χ1v) is 11.7. The normalized spacial score (nSPS) is 15.7. The van der Waals surface area contributed by atoms with Crippen LogP contribution >= 0.6 is 0 Å². The van der Waals surface area contributed by atoms with Crippen LogP contribution in [-0.4, -0.2) is 49.4 Å². The summed E-state index contributed by atoms with van der Waals surface area (Å²) >= 11 is 0. The van der Waals surface area contributed by atoms with Gasteiger partial charge in [0.15, 0.2) is 0 Å². The fraction of sp³-hybridized carbons (Fsp3) is 0.231. The van der Waals surface area contributed by atoms with Gasteiger partial charge in [-0.15, -0.1) is 0 Å². The molecule has 6 rings (SSSR count). The number of nitrogens with two attached hydrogens (primary N) is 1. The van der Waals surface area contributed by atoms with Gasteiger partial charge in [0.05, 0.1) is 48.1 Å². The molecule has 0 spiro atoms. The molecule has 2 aromatic carbocycles. The highest BCUT2D eigenvalue weighted by molar-refractivity contribution is 6.10. The van der Waals surface area contributed by atoms with Gasteiger partial charge >= 0.3 is 6.18 Å². The predicted molar refractivity (Wildman–Crippen MR) is 134 cm³/mol. The van der Waals surface area contributed by atoms with Gasteiger partial charge in [0.2, 0.25) is 0 Å². The maximum absolute atomic E-state index is 13.6. The highest BCUT2D eigenvalue weighted by Gasteiger charge is 2.36. The first-order chi connectivity index (χ1) is 18.1. The van der Waals surface area contributed by atoms with E-state index >= 15 is 0 Å². The van der Waals surface area contributed by atoms with Gasteiger partial charge in [0, 0.05) is 30.6 Å². The van der Waals surface area contributed by atoms with E-state index in [1.54, 1.807) is 66.3 Å². The first-order valence-electron chi connectivity index (χ1n) is 11.7. The molecule has 194 valence electrons. The minimum atomic E-state index is -4.56. The summed E-state index contributed by atoms with van der Waals surface area (Å²) in [5, 5.41) is 11.3. The number of rotatable bonds is 3. The zero-order chi connectivity index (χ0) is 26.8. The molecule has 4 heterocycles. The molecule has 0 saturated carbocycles. The summed E-state index contributed by atoms with van der Waals surface area (Å²) in [5.41, 5.74) is 8.90. The molecule has 12 heteroatoms. The third kappa shape index (κ3) is 3.76. The van der Waals surface area contributed by atoms with Gasteiger partial charge in [-0.1, -0.05) is 12.1 Å². The largest absolute Gasteiger partial charge is 0.433 e. The monoisotopic (exact) mass is 521 g/mol. The number of benzene rings is 2. The number of aryl methyl sites for hydroxylation is 1.